The van der Waals surface area contributed by atoms with E-state index in [0.717, 1.165) is 49.3 Å². The third-order valence-electron chi connectivity index (χ3n) is 5.21. The van der Waals surface area contributed by atoms with Crippen molar-refractivity contribution in [3.8, 4) is 11.3 Å². The highest BCUT2D eigenvalue weighted by Crippen LogP contribution is 2.16. The molecular formula is C21H33IN6O. The van der Waals surface area contributed by atoms with Crippen LogP contribution in [-0.4, -0.2) is 78.2 Å². The number of halogens is 1. The van der Waals surface area contributed by atoms with Gasteiger partial charge in [-0.05, 0) is 19.4 Å². The lowest BCUT2D eigenvalue weighted by Crippen LogP contribution is -2.53. The summed E-state index contributed by atoms with van der Waals surface area (Å²) in [4.78, 5) is 16.9. The Morgan fingerprint density at radius 3 is 2.86 bits per heavy atom. The number of aliphatic imine (C=N–C) groups is 1. The summed E-state index contributed by atoms with van der Waals surface area (Å²) in [5.74, 6) is 1.78. The largest absolute Gasteiger partial charge is 0.379 e. The first-order chi connectivity index (χ1) is 13.6. The number of imidazole rings is 1. The molecule has 29 heavy (non-hydrogen) atoms. The zero-order valence-corrected chi connectivity index (χ0v) is 20.1. The number of benzene rings is 1. The Labute approximate surface area is 191 Å². The number of nitrogens with zero attached hydrogens (tertiary/aromatic N) is 4. The Bertz CT molecular complexity index is 766. The van der Waals surface area contributed by atoms with Crippen molar-refractivity contribution in [3.63, 3.8) is 0 Å². The van der Waals surface area contributed by atoms with Crippen LogP contribution in [0, 0.1) is 0 Å². The zero-order chi connectivity index (χ0) is 19.9. The second-order valence-corrected chi connectivity index (χ2v) is 7.40. The molecule has 1 fully saturated rings. The summed E-state index contributed by atoms with van der Waals surface area (Å²) in [6.45, 7) is 8.57. The first-order valence-electron chi connectivity index (χ1n) is 9.93. The molecule has 1 aliphatic rings. The third kappa shape index (κ3) is 6.42. The molecule has 0 bridgehead atoms. The van der Waals surface area contributed by atoms with Gasteiger partial charge in [0.05, 0.1) is 31.6 Å². The van der Waals surface area contributed by atoms with Gasteiger partial charge in [-0.15, -0.1) is 24.0 Å². The summed E-state index contributed by atoms with van der Waals surface area (Å²) in [5, 5.41) is 3.50. The maximum atomic E-state index is 5.54. The van der Waals surface area contributed by atoms with Crippen LogP contribution in [0.5, 0.6) is 0 Å². The molecule has 0 saturated carbocycles. The number of H-pyrrole nitrogens is 1. The van der Waals surface area contributed by atoms with Crippen molar-refractivity contribution < 1.29 is 4.74 Å². The average Bonchev–Trinajstić information content (AvgIpc) is 3.18. The Kier molecular flexibility index (Phi) is 9.38. The van der Waals surface area contributed by atoms with Gasteiger partial charge >= 0.3 is 0 Å². The van der Waals surface area contributed by atoms with Crippen molar-refractivity contribution in [3.05, 3.63) is 42.4 Å². The molecule has 2 atom stereocenters. The summed E-state index contributed by atoms with van der Waals surface area (Å²) in [6, 6.07) is 11.1. The summed E-state index contributed by atoms with van der Waals surface area (Å²) in [7, 11) is 3.85. The smallest absolute Gasteiger partial charge is 0.193 e. The van der Waals surface area contributed by atoms with Gasteiger partial charge in [-0.3, -0.25) is 9.89 Å². The first kappa shape index (κ1) is 23.6. The van der Waals surface area contributed by atoms with E-state index in [9.17, 15) is 0 Å². The van der Waals surface area contributed by atoms with Gasteiger partial charge < -0.3 is 19.9 Å². The quantitative estimate of drug-likeness (QED) is 0.354. The summed E-state index contributed by atoms with van der Waals surface area (Å²) in [6.07, 6.45) is 1.89. The SMILES string of the molecule is CN=C(NCC(C)N1CCOCC1C)N(C)Cc1ncc(-c2ccccc2)[nH]1.I. The Balaban J connectivity index is 0.00000300. The van der Waals surface area contributed by atoms with E-state index in [0.29, 0.717) is 18.6 Å². The van der Waals surface area contributed by atoms with E-state index >= 15 is 0 Å². The minimum atomic E-state index is 0. The number of hydrogen-bond acceptors (Lipinski definition) is 4. The van der Waals surface area contributed by atoms with Gasteiger partial charge in [0.25, 0.3) is 0 Å². The maximum Gasteiger partial charge on any atom is 0.193 e. The highest BCUT2D eigenvalue weighted by Gasteiger charge is 2.24. The number of ether oxygens (including phenoxy) is 1. The molecule has 2 aromatic rings. The monoisotopic (exact) mass is 512 g/mol. The van der Waals surface area contributed by atoms with E-state index in [-0.39, 0.29) is 24.0 Å². The van der Waals surface area contributed by atoms with Gasteiger partial charge in [-0.1, -0.05) is 30.3 Å². The lowest BCUT2D eigenvalue weighted by atomic mass is 10.2. The normalized spacial score (nSPS) is 18.8. The van der Waals surface area contributed by atoms with E-state index in [4.69, 9.17) is 4.74 Å². The number of hydrogen-bond donors (Lipinski definition) is 2. The van der Waals surface area contributed by atoms with Crippen molar-refractivity contribution in [1.29, 1.82) is 0 Å². The molecule has 8 heteroatoms. The van der Waals surface area contributed by atoms with Gasteiger partial charge in [0, 0.05) is 39.3 Å². The second-order valence-electron chi connectivity index (χ2n) is 7.40. The second kappa shape index (κ2) is 11.5. The Hall–Kier alpha value is -1.65. The minimum absolute atomic E-state index is 0. The lowest BCUT2D eigenvalue weighted by molar-refractivity contribution is -0.0175. The van der Waals surface area contributed by atoms with Crippen molar-refractivity contribution in [1.82, 2.24) is 25.1 Å². The van der Waals surface area contributed by atoms with E-state index in [2.05, 4.69) is 56.1 Å². The third-order valence-corrected chi connectivity index (χ3v) is 5.21. The Morgan fingerprint density at radius 1 is 1.41 bits per heavy atom. The van der Waals surface area contributed by atoms with Gasteiger partial charge in [-0.25, -0.2) is 4.98 Å². The van der Waals surface area contributed by atoms with Crippen LogP contribution in [0.3, 0.4) is 0 Å². The number of nitrogens with one attached hydrogen (secondary N) is 2. The van der Waals surface area contributed by atoms with E-state index in [1.807, 2.05) is 38.5 Å². The molecule has 7 nitrogen and oxygen atoms in total. The predicted octanol–water partition coefficient (Wildman–Crippen LogP) is 2.81. The van der Waals surface area contributed by atoms with Gasteiger partial charge in [-0.2, -0.15) is 0 Å². The topological polar surface area (TPSA) is 68.8 Å². The van der Waals surface area contributed by atoms with Crippen molar-refractivity contribution >= 4 is 29.9 Å². The minimum Gasteiger partial charge on any atom is -0.379 e. The number of guanidine groups is 1. The van der Waals surface area contributed by atoms with Crippen molar-refractivity contribution in [2.75, 3.05) is 40.4 Å². The van der Waals surface area contributed by atoms with Crippen molar-refractivity contribution in [2.45, 2.75) is 32.5 Å². The van der Waals surface area contributed by atoms with Crippen LogP contribution < -0.4 is 5.32 Å². The molecule has 1 saturated heterocycles. The summed E-state index contributed by atoms with van der Waals surface area (Å²) < 4.78 is 5.54. The molecule has 1 aromatic heterocycles. The standard InChI is InChI=1S/C21H32N6O.HI/c1-16(27-10-11-28-15-17(27)2)12-24-21(22-3)26(4)14-20-23-13-19(25-20)18-8-6-5-7-9-18;/h5-9,13,16-17H,10-12,14-15H2,1-4H3,(H,22,24)(H,23,25);1H. The van der Waals surface area contributed by atoms with Gasteiger partial charge in [0.15, 0.2) is 5.96 Å². The molecule has 0 amide bonds. The van der Waals surface area contributed by atoms with E-state index in [1.165, 1.54) is 0 Å². The van der Waals surface area contributed by atoms with Crippen LogP contribution in [-0.2, 0) is 11.3 Å². The fourth-order valence-corrected chi connectivity index (χ4v) is 3.64. The highest BCUT2D eigenvalue weighted by atomic mass is 127. The molecule has 0 radical (unpaired) electrons. The summed E-state index contributed by atoms with van der Waals surface area (Å²) in [5.41, 5.74) is 2.17. The summed E-state index contributed by atoms with van der Waals surface area (Å²) >= 11 is 0. The van der Waals surface area contributed by atoms with Crippen LogP contribution in [0.4, 0.5) is 0 Å². The zero-order valence-electron chi connectivity index (χ0n) is 17.8. The molecule has 160 valence electrons. The van der Waals surface area contributed by atoms with Crippen LogP contribution in [0.25, 0.3) is 11.3 Å². The molecule has 0 aliphatic carbocycles. The van der Waals surface area contributed by atoms with Gasteiger partial charge in [0.1, 0.15) is 5.82 Å². The molecule has 1 aromatic carbocycles. The molecule has 2 N–H and O–H groups in total. The van der Waals surface area contributed by atoms with Crippen molar-refractivity contribution in [2.24, 2.45) is 4.99 Å². The molecule has 2 heterocycles. The van der Waals surface area contributed by atoms with Crippen LogP contribution in [0.1, 0.15) is 19.7 Å². The molecule has 1 aliphatic heterocycles. The highest BCUT2D eigenvalue weighted by molar-refractivity contribution is 14.0. The fraction of sp³-hybridized carbons (Fsp3) is 0.524. The molecule has 2 unspecified atom stereocenters. The van der Waals surface area contributed by atoms with Gasteiger partial charge in [0.2, 0.25) is 0 Å². The fourth-order valence-electron chi connectivity index (χ4n) is 3.64. The first-order valence-corrected chi connectivity index (χ1v) is 9.93. The molecular weight excluding hydrogens is 479 g/mol. The predicted molar refractivity (Wildman–Crippen MR) is 129 cm³/mol. The van der Waals surface area contributed by atoms with Crippen LogP contribution in [0.15, 0.2) is 41.5 Å². The number of aromatic amines is 1. The number of rotatable bonds is 6. The Morgan fingerprint density at radius 2 is 2.17 bits per heavy atom. The number of aromatic nitrogens is 2. The average molecular weight is 512 g/mol. The molecule has 3 rings (SSSR count). The van der Waals surface area contributed by atoms with E-state index < -0.39 is 0 Å². The van der Waals surface area contributed by atoms with E-state index in [1.54, 1.807) is 0 Å². The van der Waals surface area contributed by atoms with Crippen LogP contribution >= 0.6 is 24.0 Å². The number of morpholine rings is 1. The van der Waals surface area contributed by atoms with Crippen LogP contribution in [0.2, 0.25) is 0 Å². The molecule has 0 spiro atoms. The maximum absolute atomic E-state index is 5.54. The lowest BCUT2D eigenvalue weighted by Gasteiger charge is -2.38.